The molecule has 1 unspecified atom stereocenters. The Bertz CT molecular complexity index is 1150. The van der Waals surface area contributed by atoms with Gasteiger partial charge in [-0.2, -0.15) is 0 Å². The number of aromatic nitrogens is 2. The number of fused-ring (bicyclic) bond motifs is 3. The average molecular weight is 384 g/mol. The third kappa shape index (κ3) is 2.49. The van der Waals surface area contributed by atoms with Gasteiger partial charge in [0.15, 0.2) is 17.5 Å². The maximum absolute atomic E-state index is 15.3. The highest BCUT2D eigenvalue weighted by Crippen LogP contribution is 2.42. The van der Waals surface area contributed by atoms with Gasteiger partial charge < -0.3 is 19.6 Å². The van der Waals surface area contributed by atoms with E-state index in [1.165, 1.54) is 12.5 Å². The van der Waals surface area contributed by atoms with E-state index >= 15 is 4.39 Å². The minimum absolute atomic E-state index is 0.151. The van der Waals surface area contributed by atoms with E-state index in [-0.39, 0.29) is 28.5 Å². The van der Waals surface area contributed by atoms with Crippen LogP contribution in [0.15, 0.2) is 21.7 Å². The van der Waals surface area contributed by atoms with Gasteiger partial charge in [-0.05, 0) is 57.6 Å². The van der Waals surface area contributed by atoms with Crippen molar-refractivity contribution in [2.45, 2.75) is 51.6 Å². The summed E-state index contributed by atoms with van der Waals surface area (Å²) in [5.41, 5.74) is 8.62. The fraction of sp³-hybridized carbons (Fsp3) is 0.524. The molecule has 1 saturated heterocycles. The van der Waals surface area contributed by atoms with Crippen LogP contribution in [0, 0.1) is 18.7 Å². The predicted octanol–water partition coefficient (Wildman–Crippen LogP) is 3.49. The lowest BCUT2D eigenvalue weighted by Gasteiger charge is -2.28. The standard InChI is InChI=1S/C21H25FN4O2/c1-11-17-14(19-16(24-10-28-19)20(27)26(17)13-4-5-13)8-15(22)18(11)25-7-6-12(9-25)21(2,3)23/h8,10,12-13H,4-7,9,23H2,1-3H3. The molecule has 2 fully saturated rings. The molecular weight excluding hydrogens is 359 g/mol. The van der Waals surface area contributed by atoms with Crippen LogP contribution in [-0.4, -0.2) is 28.2 Å². The van der Waals surface area contributed by atoms with E-state index in [0.717, 1.165) is 36.9 Å². The first-order valence-electron chi connectivity index (χ1n) is 9.91. The van der Waals surface area contributed by atoms with Gasteiger partial charge in [-0.3, -0.25) is 4.79 Å². The van der Waals surface area contributed by atoms with Gasteiger partial charge in [0.2, 0.25) is 0 Å². The fourth-order valence-electron chi connectivity index (χ4n) is 4.69. The molecule has 1 aliphatic heterocycles. The lowest BCUT2D eigenvalue weighted by atomic mass is 9.88. The SMILES string of the molecule is Cc1c(N2CCC(C(C)(C)N)C2)c(F)cc2c3ocnc3c(=O)n(C3CC3)c12. The van der Waals surface area contributed by atoms with Gasteiger partial charge in [-0.15, -0.1) is 0 Å². The van der Waals surface area contributed by atoms with Crippen LogP contribution in [0.1, 0.15) is 44.7 Å². The van der Waals surface area contributed by atoms with E-state index < -0.39 is 0 Å². The van der Waals surface area contributed by atoms with Crippen molar-refractivity contribution in [2.75, 3.05) is 18.0 Å². The maximum atomic E-state index is 15.3. The first-order valence-corrected chi connectivity index (χ1v) is 9.91. The Kier molecular flexibility index (Phi) is 3.66. The molecule has 0 bridgehead atoms. The number of hydrogen-bond acceptors (Lipinski definition) is 5. The third-order valence-corrected chi connectivity index (χ3v) is 6.41. The van der Waals surface area contributed by atoms with Crippen molar-refractivity contribution < 1.29 is 8.81 Å². The van der Waals surface area contributed by atoms with Crippen molar-refractivity contribution in [1.29, 1.82) is 0 Å². The molecule has 0 amide bonds. The van der Waals surface area contributed by atoms with E-state index in [2.05, 4.69) is 9.88 Å². The number of oxazole rings is 1. The van der Waals surface area contributed by atoms with Gasteiger partial charge in [0, 0.05) is 30.1 Å². The molecule has 5 rings (SSSR count). The van der Waals surface area contributed by atoms with E-state index in [4.69, 9.17) is 10.2 Å². The smallest absolute Gasteiger partial charge is 0.281 e. The first-order chi connectivity index (χ1) is 13.3. The Hall–Kier alpha value is -2.41. The monoisotopic (exact) mass is 384 g/mol. The molecule has 148 valence electrons. The van der Waals surface area contributed by atoms with Gasteiger partial charge in [0.05, 0.1) is 11.2 Å². The van der Waals surface area contributed by atoms with Crippen LogP contribution < -0.4 is 16.2 Å². The zero-order chi connectivity index (χ0) is 19.8. The Labute approximate surface area is 162 Å². The zero-order valence-corrected chi connectivity index (χ0v) is 16.5. The molecule has 7 heteroatoms. The van der Waals surface area contributed by atoms with Crippen LogP contribution in [0.3, 0.4) is 0 Å². The van der Waals surface area contributed by atoms with Crippen LogP contribution in [0.2, 0.25) is 0 Å². The number of anilines is 1. The summed E-state index contributed by atoms with van der Waals surface area (Å²) < 4.78 is 22.6. The summed E-state index contributed by atoms with van der Waals surface area (Å²) in [6.45, 7) is 7.42. The Morgan fingerprint density at radius 3 is 2.71 bits per heavy atom. The second-order valence-electron chi connectivity index (χ2n) is 8.92. The summed E-state index contributed by atoms with van der Waals surface area (Å²) in [5, 5.41) is 0.618. The summed E-state index contributed by atoms with van der Waals surface area (Å²) in [5.74, 6) is 0.00329. The highest BCUT2D eigenvalue weighted by Gasteiger charge is 2.35. The topological polar surface area (TPSA) is 77.3 Å². The number of benzene rings is 1. The normalized spacial score (nSPS) is 20.6. The summed E-state index contributed by atoms with van der Waals surface area (Å²) in [6.07, 6.45) is 4.10. The minimum atomic E-state index is -0.307. The second-order valence-corrected chi connectivity index (χ2v) is 8.92. The summed E-state index contributed by atoms with van der Waals surface area (Å²) >= 11 is 0. The Morgan fingerprint density at radius 1 is 1.32 bits per heavy atom. The molecule has 1 aromatic carbocycles. The molecule has 2 aliphatic rings. The van der Waals surface area contributed by atoms with E-state index in [1.54, 1.807) is 4.57 Å². The van der Waals surface area contributed by atoms with Crippen LogP contribution in [0.5, 0.6) is 0 Å². The van der Waals surface area contributed by atoms with Crippen LogP contribution in [-0.2, 0) is 0 Å². The van der Waals surface area contributed by atoms with Crippen LogP contribution in [0.4, 0.5) is 10.1 Å². The lowest BCUT2D eigenvalue weighted by molar-refractivity contribution is 0.348. The molecule has 3 aromatic rings. The molecule has 1 atom stereocenters. The van der Waals surface area contributed by atoms with Gasteiger partial charge in [-0.1, -0.05) is 0 Å². The maximum Gasteiger partial charge on any atom is 0.281 e. The Morgan fingerprint density at radius 2 is 2.07 bits per heavy atom. The average Bonchev–Trinajstić information content (AvgIpc) is 3.12. The van der Waals surface area contributed by atoms with Gasteiger partial charge in [-0.25, -0.2) is 9.37 Å². The molecule has 1 aliphatic carbocycles. The van der Waals surface area contributed by atoms with E-state index in [9.17, 15) is 4.79 Å². The summed E-state index contributed by atoms with van der Waals surface area (Å²) in [6, 6.07) is 1.66. The molecule has 2 N–H and O–H groups in total. The number of nitrogens with zero attached hydrogens (tertiary/aromatic N) is 3. The van der Waals surface area contributed by atoms with E-state index in [1.807, 2.05) is 20.8 Å². The van der Waals surface area contributed by atoms with Crippen LogP contribution >= 0.6 is 0 Å². The molecule has 0 radical (unpaired) electrons. The fourth-order valence-corrected chi connectivity index (χ4v) is 4.69. The predicted molar refractivity (Wildman–Crippen MR) is 107 cm³/mol. The summed E-state index contributed by atoms with van der Waals surface area (Å²) in [4.78, 5) is 19.2. The molecular formula is C21H25FN4O2. The first kappa shape index (κ1) is 17.7. The highest BCUT2D eigenvalue weighted by atomic mass is 19.1. The largest absolute Gasteiger partial charge is 0.443 e. The number of hydrogen-bond donors (Lipinski definition) is 1. The van der Waals surface area contributed by atoms with Gasteiger partial charge in [0.1, 0.15) is 5.82 Å². The van der Waals surface area contributed by atoms with Crippen molar-refractivity contribution in [2.24, 2.45) is 11.7 Å². The zero-order valence-electron chi connectivity index (χ0n) is 16.5. The highest BCUT2D eigenvalue weighted by molar-refractivity contribution is 6.03. The van der Waals surface area contributed by atoms with Gasteiger partial charge in [0.25, 0.3) is 5.56 Å². The second kappa shape index (κ2) is 5.80. The lowest BCUT2D eigenvalue weighted by Crippen LogP contribution is -2.42. The van der Waals surface area contributed by atoms with Crippen molar-refractivity contribution >= 4 is 27.7 Å². The number of rotatable bonds is 3. The molecule has 2 aromatic heterocycles. The van der Waals surface area contributed by atoms with Crippen molar-refractivity contribution in [1.82, 2.24) is 9.55 Å². The third-order valence-electron chi connectivity index (χ3n) is 6.41. The molecule has 0 spiro atoms. The molecule has 28 heavy (non-hydrogen) atoms. The number of halogens is 1. The minimum Gasteiger partial charge on any atom is -0.443 e. The van der Waals surface area contributed by atoms with E-state index in [0.29, 0.717) is 29.1 Å². The molecule has 6 nitrogen and oxygen atoms in total. The van der Waals surface area contributed by atoms with Crippen LogP contribution in [0.25, 0.3) is 22.0 Å². The quantitative estimate of drug-likeness (QED) is 0.748. The summed E-state index contributed by atoms with van der Waals surface area (Å²) in [7, 11) is 0. The molecule has 1 saturated carbocycles. The number of nitrogens with two attached hydrogens (primary N) is 1. The molecule has 3 heterocycles. The Balaban J connectivity index is 1.76. The number of aryl methyl sites for hydroxylation is 1. The van der Waals surface area contributed by atoms with Crippen molar-refractivity contribution in [3.63, 3.8) is 0 Å². The van der Waals surface area contributed by atoms with Crippen molar-refractivity contribution in [3.8, 4) is 0 Å². The van der Waals surface area contributed by atoms with Gasteiger partial charge >= 0.3 is 0 Å². The number of pyridine rings is 1. The van der Waals surface area contributed by atoms with Crippen molar-refractivity contribution in [3.05, 3.63) is 34.2 Å².